The molecule has 0 fully saturated rings. The van der Waals surface area contributed by atoms with Gasteiger partial charge in [-0.1, -0.05) is 32.8 Å². The Labute approximate surface area is 102 Å². The number of ether oxygens (including phenoxy) is 1. The van der Waals surface area contributed by atoms with Crippen molar-refractivity contribution in [1.82, 2.24) is 0 Å². The predicted octanol–water partition coefficient (Wildman–Crippen LogP) is 2.68. The van der Waals surface area contributed by atoms with Gasteiger partial charge in [0.1, 0.15) is 12.4 Å². The van der Waals surface area contributed by atoms with Crippen LogP contribution in [0.4, 0.5) is 5.69 Å². The van der Waals surface area contributed by atoms with Gasteiger partial charge in [0, 0.05) is 17.2 Å². The summed E-state index contributed by atoms with van der Waals surface area (Å²) in [5, 5.41) is 2.83. The quantitative estimate of drug-likeness (QED) is 0.812. The number of anilines is 1. The molecule has 0 bridgehead atoms. The van der Waals surface area contributed by atoms with E-state index in [4.69, 9.17) is 11.2 Å². The Hall–Kier alpha value is -1.95. The fourth-order valence-electron chi connectivity index (χ4n) is 1.11. The highest BCUT2D eigenvalue weighted by Gasteiger charge is 2.21. The number of hydrogen-bond donors (Lipinski definition) is 1. The summed E-state index contributed by atoms with van der Waals surface area (Å²) in [6.45, 7) is 5.81. The third kappa shape index (κ3) is 4.20. The lowest BCUT2D eigenvalue weighted by molar-refractivity contribution is -0.123. The average molecular weight is 231 g/mol. The van der Waals surface area contributed by atoms with Crippen molar-refractivity contribution in [2.45, 2.75) is 20.8 Å². The Morgan fingerprint density at radius 2 is 2.18 bits per heavy atom. The van der Waals surface area contributed by atoms with E-state index in [0.29, 0.717) is 11.4 Å². The lowest BCUT2D eigenvalue weighted by atomic mass is 9.95. The van der Waals surface area contributed by atoms with Gasteiger partial charge in [-0.05, 0) is 12.1 Å². The Balaban J connectivity index is 2.73. The zero-order valence-electron chi connectivity index (χ0n) is 10.4. The van der Waals surface area contributed by atoms with Crippen LogP contribution in [0.3, 0.4) is 0 Å². The highest BCUT2D eigenvalue weighted by atomic mass is 16.5. The van der Waals surface area contributed by atoms with Gasteiger partial charge in [-0.2, -0.15) is 0 Å². The molecule has 1 amide bonds. The maximum atomic E-state index is 11.8. The largest absolute Gasteiger partial charge is 0.481 e. The molecule has 0 unspecified atom stereocenters. The van der Waals surface area contributed by atoms with Crippen molar-refractivity contribution >= 4 is 11.6 Å². The second kappa shape index (κ2) is 5.40. The molecule has 0 saturated carbocycles. The molecule has 3 heteroatoms. The summed E-state index contributed by atoms with van der Waals surface area (Å²) in [6, 6.07) is 7.17. The number of amides is 1. The molecular weight excluding hydrogens is 214 g/mol. The van der Waals surface area contributed by atoms with Gasteiger partial charge in [0.15, 0.2) is 0 Å². The second-order valence-electron chi connectivity index (χ2n) is 4.72. The third-order valence-electron chi connectivity index (χ3n) is 2.10. The molecule has 17 heavy (non-hydrogen) atoms. The van der Waals surface area contributed by atoms with Crippen LogP contribution < -0.4 is 10.1 Å². The van der Waals surface area contributed by atoms with Crippen LogP contribution in [-0.2, 0) is 4.79 Å². The molecule has 0 aliphatic rings. The van der Waals surface area contributed by atoms with Crippen LogP contribution in [-0.4, -0.2) is 12.5 Å². The van der Waals surface area contributed by atoms with Crippen molar-refractivity contribution in [3.05, 3.63) is 24.3 Å². The van der Waals surface area contributed by atoms with Crippen molar-refractivity contribution in [2.24, 2.45) is 5.41 Å². The van der Waals surface area contributed by atoms with Gasteiger partial charge in [-0.15, -0.1) is 6.42 Å². The van der Waals surface area contributed by atoms with Crippen LogP contribution in [0, 0.1) is 17.8 Å². The minimum Gasteiger partial charge on any atom is -0.481 e. The van der Waals surface area contributed by atoms with Gasteiger partial charge in [0.2, 0.25) is 5.91 Å². The Bertz CT molecular complexity index is 438. The number of nitrogens with one attached hydrogen (secondary N) is 1. The molecule has 1 N–H and O–H groups in total. The van der Waals surface area contributed by atoms with Gasteiger partial charge in [0.05, 0.1) is 0 Å². The van der Waals surface area contributed by atoms with E-state index in [1.54, 1.807) is 12.1 Å². The van der Waals surface area contributed by atoms with Crippen LogP contribution in [0.2, 0.25) is 0 Å². The van der Waals surface area contributed by atoms with Gasteiger partial charge in [-0.3, -0.25) is 4.79 Å². The van der Waals surface area contributed by atoms with E-state index in [9.17, 15) is 4.79 Å². The monoisotopic (exact) mass is 231 g/mol. The molecule has 1 rings (SSSR count). The summed E-state index contributed by atoms with van der Waals surface area (Å²) in [4.78, 5) is 11.8. The van der Waals surface area contributed by atoms with Crippen LogP contribution in [0.5, 0.6) is 5.75 Å². The van der Waals surface area contributed by atoms with Crippen molar-refractivity contribution in [1.29, 1.82) is 0 Å². The van der Waals surface area contributed by atoms with E-state index in [1.807, 2.05) is 32.9 Å². The molecule has 0 aliphatic carbocycles. The number of carbonyl (C=O) groups is 1. The van der Waals surface area contributed by atoms with E-state index in [-0.39, 0.29) is 12.5 Å². The molecule has 0 atom stereocenters. The van der Waals surface area contributed by atoms with E-state index in [0.717, 1.165) is 0 Å². The van der Waals surface area contributed by atoms with Gasteiger partial charge >= 0.3 is 0 Å². The molecule has 1 aromatic carbocycles. The summed E-state index contributed by atoms with van der Waals surface area (Å²) < 4.78 is 5.28. The highest BCUT2D eigenvalue weighted by molar-refractivity contribution is 5.94. The maximum absolute atomic E-state index is 11.8. The zero-order chi connectivity index (χ0) is 12.9. The third-order valence-corrected chi connectivity index (χ3v) is 2.10. The van der Waals surface area contributed by atoms with Gasteiger partial charge < -0.3 is 10.1 Å². The molecule has 0 aromatic heterocycles. The van der Waals surface area contributed by atoms with Crippen molar-refractivity contribution < 1.29 is 9.53 Å². The van der Waals surface area contributed by atoms with Crippen molar-refractivity contribution in [2.75, 3.05) is 11.9 Å². The first kappa shape index (κ1) is 13.1. The molecule has 3 nitrogen and oxygen atoms in total. The fraction of sp³-hybridized carbons (Fsp3) is 0.357. The fourth-order valence-corrected chi connectivity index (χ4v) is 1.11. The van der Waals surface area contributed by atoms with Crippen LogP contribution in [0.1, 0.15) is 20.8 Å². The lowest BCUT2D eigenvalue weighted by Crippen LogP contribution is -2.27. The summed E-state index contributed by atoms with van der Waals surface area (Å²) >= 11 is 0. The zero-order valence-corrected chi connectivity index (χ0v) is 10.4. The lowest BCUT2D eigenvalue weighted by Gasteiger charge is -2.17. The summed E-state index contributed by atoms with van der Waals surface area (Å²) in [6.07, 6.45) is 5.11. The van der Waals surface area contributed by atoms with Crippen LogP contribution in [0.15, 0.2) is 24.3 Å². The minimum atomic E-state index is -0.421. The number of hydrogen-bond acceptors (Lipinski definition) is 2. The first-order valence-corrected chi connectivity index (χ1v) is 5.41. The molecule has 0 radical (unpaired) electrons. The molecular formula is C14H17NO2. The molecule has 1 aromatic rings. The van der Waals surface area contributed by atoms with Crippen LogP contribution in [0.25, 0.3) is 0 Å². The maximum Gasteiger partial charge on any atom is 0.229 e. The number of carbonyl (C=O) groups excluding carboxylic acids is 1. The van der Waals surface area contributed by atoms with Gasteiger partial charge in [0.25, 0.3) is 0 Å². The number of benzene rings is 1. The van der Waals surface area contributed by atoms with E-state index < -0.39 is 5.41 Å². The number of rotatable bonds is 3. The molecule has 0 heterocycles. The smallest absolute Gasteiger partial charge is 0.229 e. The Morgan fingerprint density at radius 1 is 1.47 bits per heavy atom. The van der Waals surface area contributed by atoms with Crippen molar-refractivity contribution in [3.8, 4) is 18.1 Å². The number of terminal acetylenes is 1. The Morgan fingerprint density at radius 3 is 2.76 bits per heavy atom. The molecule has 0 spiro atoms. The molecule has 0 saturated heterocycles. The summed E-state index contributed by atoms with van der Waals surface area (Å²) in [7, 11) is 0. The highest BCUT2D eigenvalue weighted by Crippen LogP contribution is 2.20. The van der Waals surface area contributed by atoms with Gasteiger partial charge in [-0.25, -0.2) is 0 Å². The average Bonchev–Trinajstić information content (AvgIpc) is 2.25. The van der Waals surface area contributed by atoms with Crippen LogP contribution >= 0.6 is 0 Å². The molecule has 0 aliphatic heterocycles. The summed E-state index contributed by atoms with van der Waals surface area (Å²) in [5.41, 5.74) is 0.287. The first-order chi connectivity index (χ1) is 7.93. The Kier molecular flexibility index (Phi) is 4.17. The topological polar surface area (TPSA) is 38.3 Å². The SMILES string of the molecule is C#CCOc1cccc(NC(=O)C(C)(C)C)c1. The second-order valence-corrected chi connectivity index (χ2v) is 4.72. The van der Waals surface area contributed by atoms with E-state index >= 15 is 0 Å². The normalized spacial score (nSPS) is 10.5. The minimum absolute atomic E-state index is 0.0356. The summed E-state index contributed by atoms with van der Waals surface area (Å²) in [5.74, 6) is 3.00. The van der Waals surface area contributed by atoms with E-state index in [2.05, 4.69) is 11.2 Å². The standard InChI is InChI=1S/C14H17NO2/c1-5-9-17-12-8-6-7-11(10-12)15-13(16)14(2,3)4/h1,6-8,10H,9H2,2-4H3,(H,15,16). The molecule has 90 valence electrons. The van der Waals surface area contributed by atoms with E-state index in [1.165, 1.54) is 0 Å². The van der Waals surface area contributed by atoms with Crippen molar-refractivity contribution in [3.63, 3.8) is 0 Å². The first-order valence-electron chi connectivity index (χ1n) is 5.41. The predicted molar refractivity (Wildman–Crippen MR) is 68.9 cm³/mol.